The van der Waals surface area contributed by atoms with E-state index in [2.05, 4.69) is 10.3 Å². The van der Waals surface area contributed by atoms with E-state index >= 15 is 0 Å². The molecule has 76 valence electrons. The molecule has 0 saturated heterocycles. The van der Waals surface area contributed by atoms with Crippen molar-refractivity contribution in [3.05, 3.63) is 18.3 Å². The van der Waals surface area contributed by atoms with Crippen LogP contribution in [-0.4, -0.2) is 25.6 Å². The largest absolute Gasteiger partial charge is 0.325 e. The van der Waals surface area contributed by atoms with Crippen molar-refractivity contribution in [1.82, 2.24) is 4.98 Å². The Hall–Kier alpha value is -1.43. The van der Waals surface area contributed by atoms with Crippen LogP contribution in [0, 0.1) is 0 Å². The summed E-state index contributed by atoms with van der Waals surface area (Å²) < 4.78 is 22.0. The van der Waals surface area contributed by atoms with Crippen molar-refractivity contribution in [3.63, 3.8) is 0 Å². The quantitative estimate of drug-likeness (QED) is 0.775. The molecule has 0 bridgehead atoms. The highest BCUT2D eigenvalue weighted by Gasteiger charge is 2.07. The van der Waals surface area contributed by atoms with Gasteiger partial charge in [0.1, 0.15) is 0 Å². The predicted octanol–water partition coefficient (Wildman–Crippen LogP) is 0.443. The van der Waals surface area contributed by atoms with Crippen LogP contribution in [0.3, 0.4) is 0 Å². The minimum absolute atomic E-state index is 0.00778. The van der Waals surface area contributed by atoms with Gasteiger partial charge in [-0.1, -0.05) is 0 Å². The van der Waals surface area contributed by atoms with E-state index in [1.54, 1.807) is 0 Å². The molecule has 1 aromatic heterocycles. The van der Waals surface area contributed by atoms with Crippen LogP contribution in [0.1, 0.15) is 6.92 Å². The number of hydrogen-bond acceptors (Lipinski definition) is 4. The number of nitrogens with one attached hydrogen (secondary N) is 1. The SMILES string of the molecule is CC(=O)Nc1ccc(S(C)(=O)=O)nc1. The molecule has 0 radical (unpaired) electrons. The molecule has 6 heteroatoms. The lowest BCUT2D eigenvalue weighted by Gasteiger charge is -2.01. The Morgan fingerprint density at radius 3 is 2.43 bits per heavy atom. The van der Waals surface area contributed by atoms with Crippen molar-refractivity contribution >= 4 is 21.4 Å². The molecule has 0 aliphatic heterocycles. The van der Waals surface area contributed by atoms with Gasteiger partial charge < -0.3 is 5.32 Å². The van der Waals surface area contributed by atoms with Crippen LogP contribution >= 0.6 is 0 Å². The first-order chi connectivity index (χ1) is 6.39. The maximum atomic E-state index is 11.0. The first kappa shape index (κ1) is 10.6. The Morgan fingerprint density at radius 2 is 2.07 bits per heavy atom. The lowest BCUT2D eigenvalue weighted by molar-refractivity contribution is -0.114. The summed E-state index contributed by atoms with van der Waals surface area (Å²) in [6.45, 7) is 1.37. The zero-order valence-corrected chi connectivity index (χ0v) is 8.63. The summed E-state index contributed by atoms with van der Waals surface area (Å²) in [6, 6.07) is 2.84. The van der Waals surface area contributed by atoms with E-state index in [0.717, 1.165) is 6.26 Å². The van der Waals surface area contributed by atoms with Crippen molar-refractivity contribution in [1.29, 1.82) is 0 Å². The van der Waals surface area contributed by atoms with Crippen molar-refractivity contribution in [2.24, 2.45) is 0 Å². The number of hydrogen-bond donors (Lipinski definition) is 1. The van der Waals surface area contributed by atoms with Crippen LogP contribution in [0.2, 0.25) is 0 Å². The smallest absolute Gasteiger partial charge is 0.221 e. The van der Waals surface area contributed by atoms with Crippen LogP contribution in [0.5, 0.6) is 0 Å². The lowest BCUT2D eigenvalue weighted by atomic mass is 10.4. The molecule has 0 aliphatic carbocycles. The number of nitrogens with zero attached hydrogens (tertiary/aromatic N) is 1. The average molecular weight is 214 g/mol. The Morgan fingerprint density at radius 1 is 1.43 bits per heavy atom. The molecular formula is C8H10N2O3S. The van der Waals surface area contributed by atoms with E-state index in [1.165, 1.54) is 25.3 Å². The van der Waals surface area contributed by atoms with Crippen LogP contribution in [-0.2, 0) is 14.6 Å². The fourth-order valence-electron chi connectivity index (χ4n) is 0.877. The van der Waals surface area contributed by atoms with E-state index in [4.69, 9.17) is 0 Å². The zero-order valence-electron chi connectivity index (χ0n) is 7.81. The van der Waals surface area contributed by atoms with Gasteiger partial charge in [0.15, 0.2) is 14.9 Å². The second kappa shape index (κ2) is 3.75. The minimum atomic E-state index is -3.27. The third-order valence-electron chi connectivity index (χ3n) is 1.44. The van der Waals surface area contributed by atoms with Crippen molar-refractivity contribution in [2.75, 3.05) is 11.6 Å². The molecular weight excluding hydrogens is 204 g/mol. The maximum Gasteiger partial charge on any atom is 0.221 e. The van der Waals surface area contributed by atoms with Crippen molar-refractivity contribution in [3.8, 4) is 0 Å². The number of pyridine rings is 1. The molecule has 0 spiro atoms. The van der Waals surface area contributed by atoms with Crippen LogP contribution < -0.4 is 5.32 Å². The molecule has 0 atom stereocenters. The van der Waals surface area contributed by atoms with E-state index in [0.29, 0.717) is 5.69 Å². The highest BCUT2D eigenvalue weighted by atomic mass is 32.2. The summed E-state index contributed by atoms with van der Waals surface area (Å²) in [5.41, 5.74) is 0.477. The molecule has 0 saturated carbocycles. The van der Waals surface area contributed by atoms with Crippen LogP contribution in [0.4, 0.5) is 5.69 Å². The molecule has 1 aromatic rings. The monoisotopic (exact) mass is 214 g/mol. The predicted molar refractivity (Wildman–Crippen MR) is 51.7 cm³/mol. The minimum Gasteiger partial charge on any atom is -0.325 e. The number of anilines is 1. The summed E-state index contributed by atoms with van der Waals surface area (Å²) in [6.07, 6.45) is 2.38. The van der Waals surface area contributed by atoms with E-state index < -0.39 is 9.84 Å². The molecule has 0 aliphatic rings. The van der Waals surface area contributed by atoms with Gasteiger partial charge in [-0.3, -0.25) is 4.79 Å². The number of aromatic nitrogens is 1. The first-order valence-corrected chi connectivity index (χ1v) is 5.72. The maximum absolute atomic E-state index is 11.0. The molecule has 0 unspecified atom stereocenters. The lowest BCUT2D eigenvalue weighted by Crippen LogP contribution is -2.07. The van der Waals surface area contributed by atoms with Crippen molar-refractivity contribution < 1.29 is 13.2 Å². The molecule has 1 amide bonds. The zero-order chi connectivity index (χ0) is 10.8. The number of rotatable bonds is 2. The summed E-state index contributed by atoms with van der Waals surface area (Å²) in [4.78, 5) is 14.3. The van der Waals surface area contributed by atoms with Gasteiger partial charge in [-0.2, -0.15) is 0 Å². The molecule has 14 heavy (non-hydrogen) atoms. The summed E-state index contributed by atoms with van der Waals surface area (Å²) in [5, 5.41) is 2.48. The normalized spacial score (nSPS) is 11.0. The van der Waals surface area contributed by atoms with Crippen LogP contribution in [0.25, 0.3) is 0 Å². The second-order valence-corrected chi connectivity index (χ2v) is 4.80. The number of amides is 1. The second-order valence-electron chi connectivity index (χ2n) is 2.84. The Labute approximate surface area is 82.1 Å². The third kappa shape index (κ3) is 2.81. The Balaban J connectivity index is 2.95. The summed E-state index contributed by atoms with van der Waals surface area (Å²) in [5.74, 6) is -0.223. The standard InChI is InChI=1S/C8H10N2O3S/c1-6(11)10-7-3-4-8(9-5-7)14(2,12)13/h3-5H,1-2H3,(H,10,11). The van der Waals surface area contributed by atoms with Gasteiger partial charge in [0, 0.05) is 13.2 Å². The molecule has 0 aromatic carbocycles. The molecule has 5 nitrogen and oxygen atoms in total. The van der Waals surface area contributed by atoms with Gasteiger partial charge in [0.05, 0.1) is 11.9 Å². The topological polar surface area (TPSA) is 76.1 Å². The summed E-state index contributed by atoms with van der Waals surface area (Å²) >= 11 is 0. The molecule has 0 fully saturated rings. The number of carbonyl (C=O) groups excluding carboxylic acids is 1. The molecule has 1 rings (SSSR count). The van der Waals surface area contributed by atoms with Crippen molar-refractivity contribution in [2.45, 2.75) is 11.9 Å². The number of carbonyl (C=O) groups is 1. The van der Waals surface area contributed by atoms with Crippen LogP contribution in [0.15, 0.2) is 23.4 Å². The highest BCUT2D eigenvalue weighted by Crippen LogP contribution is 2.09. The van der Waals surface area contributed by atoms with Gasteiger partial charge in [-0.15, -0.1) is 0 Å². The average Bonchev–Trinajstić information content (AvgIpc) is 2.02. The fourth-order valence-corrected chi connectivity index (χ4v) is 1.44. The van der Waals surface area contributed by atoms with E-state index in [1.807, 2.05) is 0 Å². The fraction of sp³-hybridized carbons (Fsp3) is 0.250. The van der Waals surface area contributed by atoms with E-state index in [-0.39, 0.29) is 10.9 Å². The first-order valence-electron chi connectivity index (χ1n) is 3.83. The molecule has 1 heterocycles. The summed E-state index contributed by atoms with van der Waals surface area (Å²) in [7, 11) is -3.27. The van der Waals surface area contributed by atoms with Gasteiger partial charge in [0.2, 0.25) is 5.91 Å². The van der Waals surface area contributed by atoms with Gasteiger partial charge in [-0.05, 0) is 12.1 Å². The Bertz CT molecular complexity index is 436. The van der Waals surface area contributed by atoms with E-state index in [9.17, 15) is 13.2 Å². The molecule has 1 N–H and O–H groups in total. The van der Waals surface area contributed by atoms with Gasteiger partial charge in [-0.25, -0.2) is 13.4 Å². The van der Waals surface area contributed by atoms with Gasteiger partial charge >= 0.3 is 0 Å². The highest BCUT2D eigenvalue weighted by molar-refractivity contribution is 7.90. The Kier molecular flexibility index (Phi) is 2.85. The van der Waals surface area contributed by atoms with Gasteiger partial charge in [0.25, 0.3) is 0 Å². The third-order valence-corrected chi connectivity index (χ3v) is 2.44. The number of sulfone groups is 1.